The van der Waals surface area contributed by atoms with Crippen molar-refractivity contribution in [2.24, 2.45) is 5.73 Å². The van der Waals surface area contributed by atoms with E-state index in [2.05, 4.69) is 10.0 Å². The molecule has 0 aliphatic rings. The fourth-order valence-corrected chi connectivity index (χ4v) is 1.99. The summed E-state index contributed by atoms with van der Waals surface area (Å²) in [5, 5.41) is 2.57. The van der Waals surface area contributed by atoms with Crippen LogP contribution in [0.2, 0.25) is 0 Å². The maximum absolute atomic E-state index is 11.5. The van der Waals surface area contributed by atoms with Crippen molar-refractivity contribution in [3.05, 3.63) is 24.3 Å². The Labute approximate surface area is 100 Å². The van der Waals surface area contributed by atoms with Crippen molar-refractivity contribution < 1.29 is 13.2 Å². The highest BCUT2D eigenvalue weighted by Crippen LogP contribution is 2.15. The Morgan fingerprint density at radius 2 is 2.12 bits per heavy atom. The van der Waals surface area contributed by atoms with Gasteiger partial charge in [0, 0.05) is 18.7 Å². The Kier molecular flexibility index (Phi) is 4.62. The summed E-state index contributed by atoms with van der Waals surface area (Å²) in [7, 11) is -2.17. The molecule has 1 aromatic rings. The van der Waals surface area contributed by atoms with Crippen LogP contribution in [0.1, 0.15) is 6.42 Å². The zero-order chi connectivity index (χ0) is 12.9. The van der Waals surface area contributed by atoms with Gasteiger partial charge in [-0.1, -0.05) is 6.07 Å². The first-order valence-electron chi connectivity index (χ1n) is 5.03. The zero-order valence-corrected chi connectivity index (χ0v) is 10.3. The van der Waals surface area contributed by atoms with Crippen molar-refractivity contribution in [1.82, 2.24) is 4.72 Å². The lowest BCUT2D eigenvalue weighted by Gasteiger charge is -2.07. The second-order valence-electron chi connectivity index (χ2n) is 3.32. The van der Waals surface area contributed by atoms with Crippen LogP contribution in [0, 0.1) is 0 Å². The van der Waals surface area contributed by atoms with E-state index in [4.69, 9.17) is 5.73 Å². The number of carbonyl (C=O) groups excluding carboxylic acids is 1. The predicted octanol–water partition coefficient (Wildman–Crippen LogP) is -0.118. The van der Waals surface area contributed by atoms with E-state index in [9.17, 15) is 13.2 Å². The highest BCUT2D eigenvalue weighted by molar-refractivity contribution is 7.89. The van der Waals surface area contributed by atoms with E-state index >= 15 is 0 Å². The van der Waals surface area contributed by atoms with Crippen LogP contribution in [0.4, 0.5) is 5.69 Å². The first-order valence-corrected chi connectivity index (χ1v) is 6.51. The normalized spacial score (nSPS) is 11.2. The van der Waals surface area contributed by atoms with E-state index in [1.165, 1.54) is 19.2 Å². The summed E-state index contributed by atoms with van der Waals surface area (Å²) in [6, 6.07) is 6.01. The molecule has 0 aliphatic heterocycles. The van der Waals surface area contributed by atoms with Gasteiger partial charge in [-0.3, -0.25) is 4.79 Å². The quantitative estimate of drug-likeness (QED) is 0.684. The molecular formula is C10H15N3O3S. The number of benzene rings is 1. The van der Waals surface area contributed by atoms with Crippen LogP contribution in [-0.4, -0.2) is 27.9 Å². The molecule has 1 amide bonds. The van der Waals surface area contributed by atoms with Crippen LogP contribution in [-0.2, 0) is 14.8 Å². The molecule has 0 bridgehead atoms. The van der Waals surface area contributed by atoms with E-state index in [-0.39, 0.29) is 23.8 Å². The van der Waals surface area contributed by atoms with Crippen molar-refractivity contribution in [3.63, 3.8) is 0 Å². The molecule has 4 N–H and O–H groups in total. The molecule has 1 aromatic carbocycles. The Bertz CT molecular complexity index is 499. The standard InChI is InChI=1S/C10H15N3O3S/c1-12-17(15,16)9-4-2-3-8(7-9)13-10(14)5-6-11/h2-4,7,12H,5-6,11H2,1H3,(H,13,14). The maximum atomic E-state index is 11.5. The van der Waals surface area contributed by atoms with Gasteiger partial charge >= 0.3 is 0 Å². The average Bonchev–Trinajstić information content (AvgIpc) is 2.29. The summed E-state index contributed by atoms with van der Waals surface area (Å²) in [4.78, 5) is 11.4. The number of rotatable bonds is 5. The maximum Gasteiger partial charge on any atom is 0.240 e. The van der Waals surface area contributed by atoms with Crippen LogP contribution in [0.25, 0.3) is 0 Å². The van der Waals surface area contributed by atoms with Crippen LogP contribution >= 0.6 is 0 Å². The number of amides is 1. The number of hydrogen-bond donors (Lipinski definition) is 3. The van der Waals surface area contributed by atoms with E-state index < -0.39 is 10.0 Å². The van der Waals surface area contributed by atoms with Gasteiger partial charge in [-0.25, -0.2) is 13.1 Å². The van der Waals surface area contributed by atoms with Crippen LogP contribution in [0.15, 0.2) is 29.2 Å². The third-order valence-electron chi connectivity index (χ3n) is 2.07. The Hall–Kier alpha value is -1.44. The Morgan fingerprint density at radius 3 is 2.71 bits per heavy atom. The average molecular weight is 257 g/mol. The van der Waals surface area contributed by atoms with Crippen molar-refractivity contribution >= 4 is 21.6 Å². The second kappa shape index (κ2) is 5.76. The number of sulfonamides is 1. The van der Waals surface area contributed by atoms with Gasteiger partial charge in [0.25, 0.3) is 0 Å². The summed E-state index contributed by atoms with van der Waals surface area (Å²) in [5.74, 6) is -0.244. The molecule has 0 heterocycles. The van der Waals surface area contributed by atoms with Crippen LogP contribution < -0.4 is 15.8 Å². The lowest BCUT2D eigenvalue weighted by atomic mass is 10.3. The summed E-state index contributed by atoms with van der Waals surface area (Å²) >= 11 is 0. The van der Waals surface area contributed by atoms with Gasteiger partial charge in [-0.15, -0.1) is 0 Å². The molecule has 0 saturated carbocycles. The molecule has 6 nitrogen and oxygen atoms in total. The van der Waals surface area contributed by atoms with Crippen molar-refractivity contribution in [2.45, 2.75) is 11.3 Å². The molecule has 0 spiro atoms. The van der Waals surface area contributed by atoms with Gasteiger partial charge in [0.1, 0.15) is 0 Å². The van der Waals surface area contributed by atoms with Gasteiger partial charge in [0.2, 0.25) is 15.9 Å². The highest BCUT2D eigenvalue weighted by Gasteiger charge is 2.11. The molecule has 7 heteroatoms. The zero-order valence-electron chi connectivity index (χ0n) is 9.43. The Balaban J connectivity index is 2.91. The SMILES string of the molecule is CNS(=O)(=O)c1cccc(NC(=O)CCN)c1. The van der Waals surface area contributed by atoms with Crippen molar-refractivity contribution in [2.75, 3.05) is 18.9 Å². The summed E-state index contributed by atoms with van der Waals surface area (Å²) in [6.07, 6.45) is 0.197. The molecule has 0 unspecified atom stereocenters. The third kappa shape index (κ3) is 3.81. The lowest BCUT2D eigenvalue weighted by molar-refractivity contribution is -0.116. The molecule has 0 aromatic heterocycles. The van der Waals surface area contributed by atoms with Gasteiger partial charge in [-0.05, 0) is 25.2 Å². The molecule has 17 heavy (non-hydrogen) atoms. The number of hydrogen-bond acceptors (Lipinski definition) is 4. The van der Waals surface area contributed by atoms with Crippen molar-refractivity contribution in [3.8, 4) is 0 Å². The Morgan fingerprint density at radius 1 is 1.41 bits per heavy atom. The minimum absolute atomic E-state index is 0.102. The van der Waals surface area contributed by atoms with Gasteiger partial charge in [0.15, 0.2) is 0 Å². The molecular weight excluding hydrogens is 242 g/mol. The molecule has 1 rings (SSSR count). The van der Waals surface area contributed by atoms with Crippen molar-refractivity contribution in [1.29, 1.82) is 0 Å². The molecule has 94 valence electrons. The predicted molar refractivity (Wildman–Crippen MR) is 65.0 cm³/mol. The second-order valence-corrected chi connectivity index (χ2v) is 5.21. The topological polar surface area (TPSA) is 101 Å². The van der Waals surface area contributed by atoms with Crippen LogP contribution in [0.5, 0.6) is 0 Å². The lowest BCUT2D eigenvalue weighted by Crippen LogP contribution is -2.19. The van der Waals surface area contributed by atoms with Gasteiger partial charge in [-0.2, -0.15) is 0 Å². The van der Waals surface area contributed by atoms with E-state index in [0.717, 1.165) is 0 Å². The summed E-state index contributed by atoms with van der Waals surface area (Å²) < 4.78 is 25.2. The minimum Gasteiger partial charge on any atom is -0.330 e. The summed E-state index contributed by atoms with van der Waals surface area (Å²) in [5.41, 5.74) is 5.67. The highest BCUT2D eigenvalue weighted by atomic mass is 32.2. The number of nitrogens with two attached hydrogens (primary N) is 1. The molecule has 0 radical (unpaired) electrons. The molecule has 0 saturated heterocycles. The largest absolute Gasteiger partial charge is 0.330 e. The number of anilines is 1. The fourth-order valence-electron chi connectivity index (χ4n) is 1.21. The first-order chi connectivity index (χ1) is 7.99. The first kappa shape index (κ1) is 13.6. The fraction of sp³-hybridized carbons (Fsp3) is 0.300. The van der Waals surface area contributed by atoms with Gasteiger partial charge in [0.05, 0.1) is 4.90 Å². The molecule has 0 fully saturated rings. The van der Waals surface area contributed by atoms with E-state index in [1.54, 1.807) is 12.1 Å². The monoisotopic (exact) mass is 257 g/mol. The van der Waals surface area contributed by atoms with E-state index in [1.807, 2.05) is 0 Å². The molecule has 0 atom stereocenters. The minimum atomic E-state index is -3.49. The third-order valence-corrected chi connectivity index (χ3v) is 3.48. The van der Waals surface area contributed by atoms with Crippen LogP contribution in [0.3, 0.4) is 0 Å². The smallest absolute Gasteiger partial charge is 0.240 e. The molecule has 0 aliphatic carbocycles. The summed E-state index contributed by atoms with van der Waals surface area (Å²) in [6.45, 7) is 0.250. The number of nitrogens with one attached hydrogen (secondary N) is 2. The van der Waals surface area contributed by atoms with Gasteiger partial charge < -0.3 is 11.1 Å². The number of carbonyl (C=O) groups is 1. The van der Waals surface area contributed by atoms with E-state index in [0.29, 0.717) is 5.69 Å².